The first-order valence-corrected chi connectivity index (χ1v) is 9.73. The molecule has 1 N–H and O–H groups in total. The van der Waals surface area contributed by atoms with Crippen LogP contribution in [0.3, 0.4) is 0 Å². The summed E-state index contributed by atoms with van der Waals surface area (Å²) in [6, 6.07) is 5.43. The fourth-order valence-electron chi connectivity index (χ4n) is 5.25. The number of alkyl halides is 3. The third-order valence-electron chi connectivity index (χ3n) is 6.60. The van der Waals surface area contributed by atoms with Gasteiger partial charge in [-0.1, -0.05) is 6.42 Å². The monoisotopic (exact) mass is 382 g/mol. The average Bonchev–Trinajstić information content (AvgIpc) is 3.00. The molecule has 5 atom stereocenters. The van der Waals surface area contributed by atoms with Gasteiger partial charge in [0.1, 0.15) is 6.10 Å². The lowest BCUT2D eigenvalue weighted by Crippen LogP contribution is -2.54. The molecule has 3 fully saturated rings. The summed E-state index contributed by atoms with van der Waals surface area (Å²) in [5, 5.41) is 2.57. The highest BCUT2D eigenvalue weighted by Gasteiger charge is 2.51. The number of carbonyl (C=O) groups excluding carboxylic acids is 1. The van der Waals surface area contributed by atoms with E-state index in [-0.39, 0.29) is 6.10 Å². The van der Waals surface area contributed by atoms with Crippen LogP contribution in [0.5, 0.6) is 0 Å². The van der Waals surface area contributed by atoms with Crippen molar-refractivity contribution < 1.29 is 22.7 Å². The van der Waals surface area contributed by atoms with Crippen LogP contribution < -0.4 is 5.32 Å². The standard InChI is InChI=1S/C20H25F3N2O2/c1-12-13-10-16(17-4-2-3-9-25(12)17)18(11-13)27-19(26)24-15-7-5-14(6-8-15)20(21,22)23/h5-8,12-13,16-18H,2-4,9-11H2,1H3,(H,24,26)/t12-,13?,16?,17+,18?/m0/s1. The minimum absolute atomic E-state index is 0.111. The molecule has 148 valence electrons. The van der Waals surface area contributed by atoms with E-state index in [2.05, 4.69) is 17.1 Å². The molecule has 1 aromatic carbocycles. The quantitative estimate of drug-likeness (QED) is 0.791. The Hall–Kier alpha value is -1.76. The molecule has 0 spiro atoms. The van der Waals surface area contributed by atoms with Gasteiger partial charge in [-0.15, -0.1) is 0 Å². The SMILES string of the molecule is C[C@H]1C2CC(OC(=O)Nc3ccc(C(F)(F)F)cc3)C(C2)[C@H]2CCCCN21. The summed E-state index contributed by atoms with van der Waals surface area (Å²) in [6.45, 7) is 3.41. The molecule has 4 rings (SSSR count). The van der Waals surface area contributed by atoms with E-state index in [0.717, 1.165) is 37.9 Å². The molecule has 27 heavy (non-hydrogen) atoms. The van der Waals surface area contributed by atoms with Crippen LogP contribution in [-0.2, 0) is 10.9 Å². The number of ether oxygens (including phenoxy) is 1. The molecule has 7 heteroatoms. The van der Waals surface area contributed by atoms with E-state index < -0.39 is 17.8 Å². The predicted molar refractivity (Wildman–Crippen MR) is 95.4 cm³/mol. The highest BCUT2D eigenvalue weighted by atomic mass is 19.4. The van der Waals surface area contributed by atoms with Crippen molar-refractivity contribution >= 4 is 11.8 Å². The van der Waals surface area contributed by atoms with Crippen LogP contribution in [0.15, 0.2) is 24.3 Å². The number of carbonyl (C=O) groups is 1. The second kappa shape index (κ2) is 7.00. The Morgan fingerprint density at radius 1 is 1.19 bits per heavy atom. The predicted octanol–water partition coefficient (Wildman–Crippen LogP) is 4.91. The van der Waals surface area contributed by atoms with Crippen molar-refractivity contribution in [3.63, 3.8) is 0 Å². The first-order valence-electron chi connectivity index (χ1n) is 9.73. The summed E-state index contributed by atoms with van der Waals surface area (Å²) in [7, 11) is 0. The van der Waals surface area contributed by atoms with Crippen molar-refractivity contribution in [1.82, 2.24) is 4.90 Å². The first-order chi connectivity index (χ1) is 12.8. The Labute approximate surface area is 157 Å². The Morgan fingerprint density at radius 2 is 1.93 bits per heavy atom. The molecule has 2 aliphatic heterocycles. The number of nitrogens with one attached hydrogen (secondary N) is 1. The molecule has 3 aliphatic rings. The number of halogens is 3. The van der Waals surface area contributed by atoms with Crippen LogP contribution in [-0.4, -0.2) is 35.7 Å². The number of amides is 1. The Bertz CT molecular complexity index is 691. The normalized spacial score (nSPS) is 33.4. The summed E-state index contributed by atoms with van der Waals surface area (Å²) in [5.41, 5.74) is -0.431. The van der Waals surface area contributed by atoms with Crippen LogP contribution in [0.4, 0.5) is 23.7 Å². The molecule has 1 aliphatic carbocycles. The number of nitrogens with zero attached hydrogens (tertiary/aromatic N) is 1. The number of hydrogen-bond acceptors (Lipinski definition) is 3. The van der Waals surface area contributed by atoms with Gasteiger partial charge in [-0.2, -0.15) is 13.2 Å². The smallest absolute Gasteiger partial charge is 0.416 e. The zero-order valence-corrected chi connectivity index (χ0v) is 15.3. The molecule has 1 amide bonds. The van der Waals surface area contributed by atoms with Gasteiger partial charge in [0.2, 0.25) is 0 Å². The highest BCUT2D eigenvalue weighted by Crippen LogP contribution is 2.48. The molecule has 1 saturated carbocycles. The number of hydrogen-bond donors (Lipinski definition) is 1. The maximum atomic E-state index is 12.6. The van der Waals surface area contributed by atoms with Gasteiger partial charge in [0.05, 0.1) is 5.56 Å². The third kappa shape index (κ3) is 3.66. The molecule has 3 unspecified atom stereocenters. The second-order valence-corrected chi connectivity index (χ2v) is 8.08. The van der Waals surface area contributed by atoms with E-state index in [4.69, 9.17) is 4.74 Å². The van der Waals surface area contributed by atoms with Crippen LogP contribution in [0.25, 0.3) is 0 Å². The molecule has 2 bridgehead atoms. The van der Waals surface area contributed by atoms with Gasteiger partial charge in [-0.3, -0.25) is 10.2 Å². The number of rotatable bonds is 2. The topological polar surface area (TPSA) is 41.6 Å². The van der Waals surface area contributed by atoms with Gasteiger partial charge in [-0.05, 0) is 69.3 Å². The molecular formula is C20H25F3N2O2. The zero-order chi connectivity index (χ0) is 19.2. The summed E-state index contributed by atoms with van der Waals surface area (Å²) in [5.74, 6) is 0.915. The lowest BCUT2D eigenvalue weighted by Gasteiger charge is -2.47. The van der Waals surface area contributed by atoms with E-state index in [1.165, 1.54) is 25.0 Å². The fraction of sp³-hybridized carbons (Fsp3) is 0.650. The molecule has 2 heterocycles. The lowest BCUT2D eigenvalue weighted by molar-refractivity contribution is -0.137. The fourth-order valence-corrected chi connectivity index (χ4v) is 5.25. The Balaban J connectivity index is 1.38. The molecule has 0 aromatic heterocycles. The van der Waals surface area contributed by atoms with Crippen molar-refractivity contribution in [2.75, 3.05) is 11.9 Å². The number of piperidine rings is 2. The lowest BCUT2D eigenvalue weighted by atomic mass is 9.81. The number of benzene rings is 1. The van der Waals surface area contributed by atoms with E-state index >= 15 is 0 Å². The van der Waals surface area contributed by atoms with Crippen LogP contribution >= 0.6 is 0 Å². The Kier molecular flexibility index (Phi) is 4.82. The molecule has 1 aromatic rings. The summed E-state index contributed by atoms with van der Waals surface area (Å²) >= 11 is 0. The second-order valence-electron chi connectivity index (χ2n) is 8.08. The number of fused-ring (bicyclic) bond motifs is 4. The van der Waals surface area contributed by atoms with Crippen molar-refractivity contribution in [2.24, 2.45) is 11.8 Å². The summed E-state index contributed by atoms with van der Waals surface area (Å²) < 4.78 is 43.6. The van der Waals surface area contributed by atoms with Crippen LogP contribution in [0.1, 0.15) is 44.6 Å². The van der Waals surface area contributed by atoms with Crippen LogP contribution in [0.2, 0.25) is 0 Å². The molecule has 0 radical (unpaired) electrons. The van der Waals surface area contributed by atoms with E-state index in [1.54, 1.807) is 0 Å². The third-order valence-corrected chi connectivity index (χ3v) is 6.60. The van der Waals surface area contributed by atoms with Gasteiger partial charge >= 0.3 is 12.3 Å². The molecular weight excluding hydrogens is 357 g/mol. The minimum atomic E-state index is -4.39. The van der Waals surface area contributed by atoms with Crippen molar-refractivity contribution in [3.05, 3.63) is 29.8 Å². The van der Waals surface area contributed by atoms with E-state index in [9.17, 15) is 18.0 Å². The maximum Gasteiger partial charge on any atom is 0.416 e. The summed E-state index contributed by atoms with van der Waals surface area (Å²) in [4.78, 5) is 14.9. The Morgan fingerprint density at radius 3 is 2.63 bits per heavy atom. The van der Waals surface area contributed by atoms with Gasteiger partial charge in [0.15, 0.2) is 0 Å². The van der Waals surface area contributed by atoms with Gasteiger partial charge in [0, 0.05) is 23.7 Å². The molecule has 2 saturated heterocycles. The largest absolute Gasteiger partial charge is 0.446 e. The van der Waals surface area contributed by atoms with E-state index in [0.29, 0.717) is 29.6 Å². The van der Waals surface area contributed by atoms with Crippen molar-refractivity contribution in [1.29, 1.82) is 0 Å². The van der Waals surface area contributed by atoms with E-state index in [1.807, 2.05) is 0 Å². The average molecular weight is 382 g/mol. The molecule has 4 nitrogen and oxygen atoms in total. The van der Waals surface area contributed by atoms with Crippen molar-refractivity contribution in [3.8, 4) is 0 Å². The minimum Gasteiger partial charge on any atom is -0.446 e. The summed E-state index contributed by atoms with van der Waals surface area (Å²) in [6.07, 6.45) is 0.507. The zero-order valence-electron chi connectivity index (χ0n) is 15.3. The van der Waals surface area contributed by atoms with Crippen LogP contribution in [0, 0.1) is 11.8 Å². The van der Waals surface area contributed by atoms with Gasteiger partial charge in [-0.25, -0.2) is 4.79 Å². The highest BCUT2D eigenvalue weighted by molar-refractivity contribution is 5.84. The first kappa shape index (κ1) is 18.6. The van der Waals surface area contributed by atoms with Crippen molar-refractivity contribution in [2.45, 2.75) is 63.4 Å². The maximum absolute atomic E-state index is 12.6. The van der Waals surface area contributed by atoms with Gasteiger partial charge in [0.25, 0.3) is 0 Å². The van der Waals surface area contributed by atoms with Gasteiger partial charge < -0.3 is 4.74 Å². The number of anilines is 1.